The molecule has 0 aliphatic carbocycles. The largest absolute Gasteiger partial charge is 0.465 e. The fraction of sp³-hybridized carbons (Fsp3) is 0.333. The third-order valence-electron chi connectivity index (χ3n) is 1.83. The topological polar surface area (TPSA) is 18.5 Å². The van der Waals surface area contributed by atoms with E-state index in [0.717, 1.165) is 11.3 Å². The highest BCUT2D eigenvalue weighted by Crippen LogP contribution is 2.20. The minimum atomic E-state index is -0.221. The van der Waals surface area contributed by atoms with Gasteiger partial charge in [-0.2, -0.15) is 0 Å². The van der Waals surface area contributed by atoms with E-state index < -0.39 is 0 Å². The minimum Gasteiger partial charge on any atom is -0.465 e. The second-order valence-corrected chi connectivity index (χ2v) is 2.88. The van der Waals surface area contributed by atoms with Crippen molar-refractivity contribution in [3.8, 4) is 5.75 Å². The third-order valence-corrected chi connectivity index (χ3v) is 1.83. The Morgan fingerprint density at radius 3 is 2.79 bits per heavy atom. The summed E-state index contributed by atoms with van der Waals surface area (Å²) in [4.78, 5) is 0. The predicted octanol–water partition coefficient (Wildman–Crippen LogP) is 3.09. The van der Waals surface area contributed by atoms with Crippen LogP contribution in [0.1, 0.15) is 19.4 Å². The van der Waals surface area contributed by atoms with Crippen LogP contribution in [0.15, 0.2) is 30.8 Å². The van der Waals surface area contributed by atoms with Gasteiger partial charge in [0.25, 0.3) is 0 Å². The molecule has 1 rings (SSSR count). The van der Waals surface area contributed by atoms with Crippen LogP contribution in [0.4, 0.5) is 0 Å². The van der Waals surface area contributed by atoms with Gasteiger partial charge < -0.3 is 9.47 Å². The van der Waals surface area contributed by atoms with Crippen LogP contribution in [0.2, 0.25) is 0 Å². The molecule has 2 heteroatoms. The van der Waals surface area contributed by atoms with E-state index >= 15 is 0 Å². The molecule has 0 saturated carbocycles. The van der Waals surface area contributed by atoms with Crippen LogP contribution < -0.4 is 4.74 Å². The Hall–Kier alpha value is -1.28. The molecule has 1 aromatic rings. The molecular weight excluding hydrogens is 176 g/mol. The molecule has 1 atom stereocenters. The molecule has 0 aliphatic heterocycles. The van der Waals surface area contributed by atoms with Crippen LogP contribution >= 0.6 is 0 Å². The van der Waals surface area contributed by atoms with Crippen molar-refractivity contribution in [1.82, 2.24) is 0 Å². The van der Waals surface area contributed by atoms with Crippen molar-refractivity contribution < 1.29 is 9.47 Å². The predicted molar refractivity (Wildman–Crippen MR) is 58.2 cm³/mol. The maximum atomic E-state index is 5.58. The van der Waals surface area contributed by atoms with Gasteiger partial charge in [-0.3, -0.25) is 0 Å². The summed E-state index contributed by atoms with van der Waals surface area (Å²) in [5, 5.41) is 0. The number of ether oxygens (including phenoxy) is 2. The molecule has 1 unspecified atom stereocenters. The Morgan fingerprint density at radius 1 is 1.43 bits per heavy atom. The average Bonchev–Trinajstić information content (AvgIpc) is 2.19. The Bertz CT molecular complexity index is 294. The number of rotatable bonds is 5. The average molecular weight is 192 g/mol. The summed E-state index contributed by atoms with van der Waals surface area (Å²) in [6, 6.07) is 7.75. The molecule has 0 heterocycles. The number of para-hydroxylation sites is 1. The van der Waals surface area contributed by atoms with E-state index in [9.17, 15) is 0 Å². The number of benzene rings is 1. The summed E-state index contributed by atoms with van der Waals surface area (Å²) in [6.07, 6.45) is 1.55. The monoisotopic (exact) mass is 192 g/mol. The van der Waals surface area contributed by atoms with Gasteiger partial charge in [-0.15, -0.1) is 0 Å². The molecule has 14 heavy (non-hydrogen) atoms. The normalized spacial score (nSPS) is 12.1. The Kier molecular flexibility index (Phi) is 4.20. The van der Waals surface area contributed by atoms with Crippen molar-refractivity contribution in [2.24, 2.45) is 0 Å². The first-order valence-corrected chi connectivity index (χ1v) is 4.77. The second-order valence-electron chi connectivity index (χ2n) is 2.88. The minimum absolute atomic E-state index is 0.221. The highest BCUT2D eigenvalue weighted by atomic mass is 16.7. The summed E-state index contributed by atoms with van der Waals surface area (Å²) >= 11 is 0. The molecule has 0 N–H and O–H groups in total. The molecule has 0 radical (unpaired) electrons. The lowest BCUT2D eigenvalue weighted by molar-refractivity contribution is -0.0614. The molecule has 0 saturated heterocycles. The van der Waals surface area contributed by atoms with E-state index in [4.69, 9.17) is 9.47 Å². The first kappa shape index (κ1) is 10.8. The Balaban J connectivity index is 2.70. The van der Waals surface area contributed by atoms with Gasteiger partial charge >= 0.3 is 0 Å². The van der Waals surface area contributed by atoms with E-state index in [0.29, 0.717) is 6.61 Å². The van der Waals surface area contributed by atoms with Crippen LogP contribution in [-0.2, 0) is 4.74 Å². The fourth-order valence-electron chi connectivity index (χ4n) is 1.20. The summed E-state index contributed by atoms with van der Waals surface area (Å²) in [5.41, 5.74) is 0.985. The summed E-state index contributed by atoms with van der Waals surface area (Å²) in [5.74, 6) is 0.809. The van der Waals surface area contributed by atoms with E-state index in [1.165, 1.54) is 0 Å². The van der Waals surface area contributed by atoms with Crippen LogP contribution in [0.5, 0.6) is 5.75 Å². The lowest BCUT2D eigenvalue weighted by atomic mass is 10.2. The molecule has 0 spiro atoms. The van der Waals surface area contributed by atoms with Crippen molar-refractivity contribution >= 4 is 6.08 Å². The second kappa shape index (κ2) is 5.45. The standard InChI is InChI=1S/C12H16O2/c1-4-11-8-6-7-9-12(11)14-10(3)13-5-2/h4,6-10H,1,5H2,2-3H3. The molecule has 2 nitrogen and oxygen atoms in total. The van der Waals surface area contributed by atoms with Crippen LogP contribution in [-0.4, -0.2) is 12.9 Å². The van der Waals surface area contributed by atoms with Crippen LogP contribution in [0, 0.1) is 0 Å². The number of hydrogen-bond acceptors (Lipinski definition) is 2. The van der Waals surface area contributed by atoms with Gasteiger partial charge in [0.05, 0.1) is 0 Å². The molecule has 0 bridgehead atoms. The summed E-state index contributed by atoms with van der Waals surface area (Å²) in [6.45, 7) is 8.20. The molecule has 0 aromatic heterocycles. The van der Waals surface area contributed by atoms with Gasteiger partial charge in [0, 0.05) is 12.2 Å². The lowest BCUT2D eigenvalue weighted by Crippen LogP contribution is -2.16. The summed E-state index contributed by atoms with van der Waals surface area (Å²) < 4.78 is 10.9. The quantitative estimate of drug-likeness (QED) is 0.667. The van der Waals surface area contributed by atoms with E-state index in [1.807, 2.05) is 38.1 Å². The van der Waals surface area contributed by atoms with Gasteiger partial charge in [0.1, 0.15) is 5.75 Å². The van der Waals surface area contributed by atoms with E-state index in [2.05, 4.69) is 6.58 Å². The van der Waals surface area contributed by atoms with Gasteiger partial charge in [-0.1, -0.05) is 30.9 Å². The van der Waals surface area contributed by atoms with Crippen molar-refractivity contribution in [2.45, 2.75) is 20.1 Å². The number of hydrogen-bond donors (Lipinski definition) is 0. The highest BCUT2D eigenvalue weighted by Gasteiger charge is 2.04. The zero-order valence-corrected chi connectivity index (χ0v) is 8.69. The first-order valence-electron chi connectivity index (χ1n) is 4.77. The molecule has 0 amide bonds. The van der Waals surface area contributed by atoms with Crippen LogP contribution in [0.25, 0.3) is 6.08 Å². The van der Waals surface area contributed by atoms with Crippen LogP contribution in [0.3, 0.4) is 0 Å². The maximum absolute atomic E-state index is 5.58. The van der Waals surface area contributed by atoms with Crippen molar-refractivity contribution in [2.75, 3.05) is 6.61 Å². The Labute approximate surface area is 85.2 Å². The van der Waals surface area contributed by atoms with Gasteiger partial charge in [0.15, 0.2) is 6.29 Å². The van der Waals surface area contributed by atoms with Crippen molar-refractivity contribution in [3.63, 3.8) is 0 Å². The highest BCUT2D eigenvalue weighted by molar-refractivity contribution is 5.55. The first-order chi connectivity index (χ1) is 6.77. The third kappa shape index (κ3) is 2.89. The Morgan fingerprint density at radius 2 is 2.14 bits per heavy atom. The van der Waals surface area contributed by atoms with Gasteiger partial charge in [-0.25, -0.2) is 0 Å². The molecule has 76 valence electrons. The maximum Gasteiger partial charge on any atom is 0.196 e. The zero-order valence-electron chi connectivity index (χ0n) is 8.69. The lowest BCUT2D eigenvalue weighted by Gasteiger charge is -2.15. The fourth-order valence-corrected chi connectivity index (χ4v) is 1.20. The van der Waals surface area contributed by atoms with E-state index in [-0.39, 0.29) is 6.29 Å². The zero-order chi connectivity index (χ0) is 10.4. The van der Waals surface area contributed by atoms with Gasteiger partial charge in [0.2, 0.25) is 0 Å². The van der Waals surface area contributed by atoms with E-state index in [1.54, 1.807) is 6.08 Å². The molecule has 1 aromatic carbocycles. The SMILES string of the molecule is C=Cc1ccccc1OC(C)OCC. The smallest absolute Gasteiger partial charge is 0.196 e. The molecular formula is C12H16O2. The van der Waals surface area contributed by atoms with Crippen molar-refractivity contribution in [1.29, 1.82) is 0 Å². The molecule has 0 fully saturated rings. The van der Waals surface area contributed by atoms with Crippen molar-refractivity contribution in [3.05, 3.63) is 36.4 Å². The van der Waals surface area contributed by atoms with Gasteiger partial charge in [-0.05, 0) is 19.9 Å². The summed E-state index contributed by atoms with van der Waals surface area (Å²) in [7, 11) is 0. The molecule has 0 aliphatic rings.